The van der Waals surface area contributed by atoms with Gasteiger partial charge in [-0.1, -0.05) is 66.8 Å². The number of fused-ring (bicyclic) bond motifs is 1. The van der Waals surface area contributed by atoms with Gasteiger partial charge in [-0.3, -0.25) is 0 Å². The molecule has 0 aromatic carbocycles. The van der Waals surface area contributed by atoms with E-state index in [9.17, 15) is 4.39 Å². The maximum absolute atomic E-state index is 13.0. The molecule has 0 radical (unpaired) electrons. The molecule has 0 amide bonds. The summed E-state index contributed by atoms with van der Waals surface area (Å²) in [6.07, 6.45) is 7.28. The second-order valence-electron chi connectivity index (χ2n) is 4.53. The van der Waals surface area contributed by atoms with Gasteiger partial charge in [-0.25, -0.2) is 4.39 Å². The first kappa shape index (κ1) is 14.2. The average Bonchev–Trinajstić information content (AvgIpc) is 2.70. The fourth-order valence-corrected chi connectivity index (χ4v) is 1.96. The van der Waals surface area contributed by atoms with Crippen molar-refractivity contribution in [1.29, 1.82) is 0 Å². The van der Waals surface area contributed by atoms with Gasteiger partial charge in [0.2, 0.25) is 0 Å². The first-order valence-electron chi connectivity index (χ1n) is 6.51. The highest BCUT2D eigenvalue weighted by Crippen LogP contribution is 2.27. The molecule has 0 aromatic heterocycles. The smallest absolute Gasteiger partial charge is 0.128 e. The monoisotopic (exact) mass is 268 g/mol. The van der Waals surface area contributed by atoms with Gasteiger partial charge in [0.15, 0.2) is 0 Å². The first-order chi connectivity index (χ1) is 9.72. The highest BCUT2D eigenvalue weighted by Gasteiger charge is 2.03. The van der Waals surface area contributed by atoms with Crippen molar-refractivity contribution in [2.24, 2.45) is 0 Å². The zero-order chi connectivity index (χ0) is 14.4. The molecule has 0 saturated carbocycles. The predicted octanol–water partition coefficient (Wildman–Crippen LogP) is 4.60. The third kappa shape index (κ3) is 3.43. The van der Waals surface area contributed by atoms with E-state index in [1.165, 1.54) is 11.1 Å². The van der Waals surface area contributed by atoms with Crippen LogP contribution in [0.4, 0.5) is 4.39 Å². The Kier molecular flexibility index (Phi) is 4.85. The van der Waals surface area contributed by atoms with Crippen molar-refractivity contribution in [3.63, 3.8) is 0 Å². The van der Waals surface area contributed by atoms with E-state index in [1.54, 1.807) is 19.1 Å². The van der Waals surface area contributed by atoms with Crippen LogP contribution in [-0.4, -0.2) is 11.7 Å². The molecular formula is C18H17FO. The molecule has 0 unspecified atom stereocenters. The zero-order valence-corrected chi connectivity index (χ0v) is 11.4. The molecular weight excluding hydrogens is 251 g/mol. The van der Waals surface area contributed by atoms with Gasteiger partial charge in [0.1, 0.15) is 5.83 Å². The lowest BCUT2D eigenvalue weighted by atomic mass is 10.1. The average molecular weight is 268 g/mol. The quantitative estimate of drug-likeness (QED) is 0.804. The molecule has 0 bridgehead atoms. The van der Waals surface area contributed by atoms with E-state index in [0.717, 1.165) is 5.56 Å². The highest BCUT2D eigenvalue weighted by molar-refractivity contribution is 5.78. The van der Waals surface area contributed by atoms with Crippen LogP contribution in [0.5, 0.6) is 0 Å². The summed E-state index contributed by atoms with van der Waals surface area (Å²) < 4.78 is 13.0. The molecule has 102 valence electrons. The van der Waals surface area contributed by atoms with Gasteiger partial charge in [0.05, 0.1) is 6.61 Å². The third-order valence-corrected chi connectivity index (χ3v) is 3.13. The van der Waals surface area contributed by atoms with Crippen LogP contribution in [0, 0.1) is 0 Å². The van der Waals surface area contributed by atoms with Crippen LogP contribution in [0.1, 0.15) is 12.5 Å². The Bertz CT molecular complexity index is 638. The van der Waals surface area contributed by atoms with Gasteiger partial charge in [-0.05, 0) is 29.2 Å². The van der Waals surface area contributed by atoms with Crippen LogP contribution >= 0.6 is 0 Å². The molecule has 1 nitrogen and oxygen atoms in total. The van der Waals surface area contributed by atoms with E-state index < -0.39 is 12.4 Å². The van der Waals surface area contributed by atoms with Crippen LogP contribution in [0.25, 0.3) is 17.2 Å². The predicted molar refractivity (Wildman–Crippen MR) is 82.1 cm³/mol. The second-order valence-corrected chi connectivity index (χ2v) is 4.53. The maximum Gasteiger partial charge on any atom is 0.128 e. The van der Waals surface area contributed by atoms with Crippen LogP contribution in [0.2, 0.25) is 0 Å². The third-order valence-electron chi connectivity index (χ3n) is 3.13. The van der Waals surface area contributed by atoms with Crippen molar-refractivity contribution in [2.45, 2.75) is 6.92 Å². The Hall–Kier alpha value is -2.19. The SMILES string of the molecule is CC(C=CC=Cc1ccc2cccccc1-2)=C(F)CO. The number of halogens is 1. The summed E-state index contributed by atoms with van der Waals surface area (Å²) in [5, 5.41) is 8.67. The topological polar surface area (TPSA) is 20.2 Å². The van der Waals surface area contributed by atoms with Crippen LogP contribution < -0.4 is 0 Å². The number of aliphatic hydroxyl groups is 1. The van der Waals surface area contributed by atoms with Gasteiger partial charge in [-0.2, -0.15) is 0 Å². The zero-order valence-electron chi connectivity index (χ0n) is 11.4. The van der Waals surface area contributed by atoms with E-state index in [-0.39, 0.29) is 0 Å². The van der Waals surface area contributed by atoms with Crippen molar-refractivity contribution in [3.05, 3.63) is 77.7 Å². The summed E-state index contributed by atoms with van der Waals surface area (Å²) in [6, 6.07) is 14.3. The largest absolute Gasteiger partial charge is 0.389 e. The lowest BCUT2D eigenvalue weighted by molar-refractivity contribution is 0.296. The minimum absolute atomic E-state index is 0.441. The van der Waals surface area contributed by atoms with E-state index in [2.05, 4.69) is 24.3 Å². The molecule has 2 aliphatic rings. The molecule has 20 heavy (non-hydrogen) atoms. The van der Waals surface area contributed by atoms with Gasteiger partial charge in [0, 0.05) is 0 Å². The standard InChI is InChI=1S/C18H17FO/c1-14(18(19)13-20)7-5-6-9-16-12-11-15-8-3-2-4-10-17(15)16/h2-12,20H,13H2,1H3. The number of hydrogen-bond donors (Lipinski definition) is 1. The molecule has 2 heteroatoms. The molecule has 0 saturated heterocycles. The normalized spacial score (nSPS) is 13.3. The van der Waals surface area contributed by atoms with Crippen molar-refractivity contribution in [2.75, 3.05) is 6.61 Å². The number of allylic oxidation sites excluding steroid dienone is 4. The van der Waals surface area contributed by atoms with Gasteiger partial charge in [0.25, 0.3) is 0 Å². The first-order valence-corrected chi connectivity index (χ1v) is 6.51. The summed E-state index contributed by atoms with van der Waals surface area (Å²) in [6.45, 7) is 1.08. The molecule has 0 aromatic rings. The summed E-state index contributed by atoms with van der Waals surface area (Å²) >= 11 is 0. The van der Waals surface area contributed by atoms with Crippen molar-refractivity contribution < 1.29 is 9.50 Å². The van der Waals surface area contributed by atoms with Crippen LogP contribution in [-0.2, 0) is 0 Å². The van der Waals surface area contributed by atoms with Gasteiger partial charge >= 0.3 is 0 Å². The molecule has 2 rings (SSSR count). The fourth-order valence-electron chi connectivity index (χ4n) is 1.96. The fraction of sp³-hybridized carbons (Fsp3) is 0.111. The number of hydrogen-bond acceptors (Lipinski definition) is 1. The maximum atomic E-state index is 13.0. The second kappa shape index (κ2) is 6.83. The van der Waals surface area contributed by atoms with Crippen LogP contribution in [0.3, 0.4) is 0 Å². The van der Waals surface area contributed by atoms with Crippen LogP contribution in [0.15, 0.2) is 72.1 Å². The minimum atomic E-state index is -0.552. The number of aliphatic hydroxyl groups excluding tert-OH is 1. The van der Waals surface area contributed by atoms with Gasteiger partial charge in [-0.15, -0.1) is 0 Å². The lowest BCUT2D eigenvalue weighted by Crippen LogP contribution is -1.85. The summed E-state index contributed by atoms with van der Waals surface area (Å²) in [5.74, 6) is -0.500. The molecule has 0 heterocycles. The molecule has 0 aliphatic heterocycles. The lowest BCUT2D eigenvalue weighted by Gasteiger charge is -1.95. The Labute approximate surface area is 118 Å². The summed E-state index contributed by atoms with van der Waals surface area (Å²) in [5.41, 5.74) is 3.95. The minimum Gasteiger partial charge on any atom is -0.389 e. The summed E-state index contributed by atoms with van der Waals surface area (Å²) in [7, 11) is 0. The molecule has 0 atom stereocenters. The molecule has 0 fully saturated rings. The van der Waals surface area contributed by atoms with E-state index in [0.29, 0.717) is 5.57 Å². The Morgan fingerprint density at radius 2 is 1.90 bits per heavy atom. The van der Waals surface area contributed by atoms with Crippen molar-refractivity contribution in [1.82, 2.24) is 0 Å². The Balaban J connectivity index is 2.15. The molecule has 1 N–H and O–H groups in total. The Morgan fingerprint density at radius 3 is 2.70 bits per heavy atom. The van der Waals surface area contributed by atoms with Crippen molar-refractivity contribution in [3.8, 4) is 11.1 Å². The highest BCUT2D eigenvalue weighted by atomic mass is 19.1. The van der Waals surface area contributed by atoms with E-state index >= 15 is 0 Å². The molecule has 0 spiro atoms. The van der Waals surface area contributed by atoms with Gasteiger partial charge < -0.3 is 5.11 Å². The van der Waals surface area contributed by atoms with E-state index in [4.69, 9.17) is 5.11 Å². The van der Waals surface area contributed by atoms with E-state index in [1.807, 2.05) is 30.4 Å². The molecule has 2 aliphatic carbocycles. The summed E-state index contributed by atoms with van der Waals surface area (Å²) in [4.78, 5) is 0. The van der Waals surface area contributed by atoms with Crippen molar-refractivity contribution >= 4 is 6.08 Å². The Morgan fingerprint density at radius 1 is 1.10 bits per heavy atom. The number of rotatable bonds is 4.